The number of halogens is 1. The third-order valence-electron chi connectivity index (χ3n) is 2.82. The van der Waals surface area contributed by atoms with Crippen molar-refractivity contribution in [3.63, 3.8) is 0 Å². The number of aryl methyl sites for hydroxylation is 1. The van der Waals surface area contributed by atoms with Crippen LogP contribution >= 0.6 is 27.3 Å². The Morgan fingerprint density at radius 1 is 1.42 bits per heavy atom. The maximum atomic E-state index is 10.7. The lowest BCUT2D eigenvalue weighted by molar-refractivity contribution is -0.385. The first-order valence-electron chi connectivity index (χ1n) is 5.73. The number of nitrogens with zero attached hydrogens (tertiary/aromatic N) is 1. The maximum Gasteiger partial charge on any atom is 0.283 e. The molecular formula is C13H13BrN2O2S. The predicted octanol–water partition coefficient (Wildman–Crippen LogP) is 4.90. The summed E-state index contributed by atoms with van der Waals surface area (Å²) >= 11 is 4.93. The third-order valence-corrected chi connectivity index (χ3v) is 4.66. The summed E-state index contributed by atoms with van der Waals surface area (Å²) in [5.41, 5.74) is 2.19. The van der Waals surface area contributed by atoms with E-state index in [0.29, 0.717) is 4.47 Å². The molecule has 2 rings (SSSR count). The van der Waals surface area contributed by atoms with E-state index in [4.69, 9.17) is 0 Å². The van der Waals surface area contributed by atoms with Crippen LogP contribution in [-0.4, -0.2) is 4.92 Å². The minimum absolute atomic E-state index is 0.0745. The molecule has 0 bridgehead atoms. The van der Waals surface area contributed by atoms with Gasteiger partial charge in [0, 0.05) is 16.6 Å². The molecule has 0 fully saturated rings. The zero-order valence-electron chi connectivity index (χ0n) is 10.5. The van der Waals surface area contributed by atoms with E-state index in [1.54, 1.807) is 23.5 Å². The van der Waals surface area contributed by atoms with Crippen LogP contribution in [0.3, 0.4) is 0 Å². The SMILES string of the molecule is Cc1ccsc1C(C)Nc1ccc([N+](=O)[O-])c(Br)c1. The number of hydrogen-bond donors (Lipinski definition) is 1. The van der Waals surface area contributed by atoms with E-state index < -0.39 is 4.92 Å². The highest BCUT2D eigenvalue weighted by atomic mass is 79.9. The third kappa shape index (κ3) is 3.13. The molecule has 19 heavy (non-hydrogen) atoms. The van der Waals surface area contributed by atoms with Crippen LogP contribution in [-0.2, 0) is 0 Å². The summed E-state index contributed by atoms with van der Waals surface area (Å²) in [7, 11) is 0. The molecule has 1 unspecified atom stereocenters. The second-order valence-corrected chi connectivity index (χ2v) is 6.06. The van der Waals surface area contributed by atoms with Crippen LogP contribution in [0.15, 0.2) is 34.1 Å². The Labute approximate surface area is 123 Å². The van der Waals surface area contributed by atoms with Gasteiger partial charge in [0.1, 0.15) is 0 Å². The van der Waals surface area contributed by atoms with Gasteiger partial charge >= 0.3 is 0 Å². The fourth-order valence-electron chi connectivity index (χ4n) is 1.89. The quantitative estimate of drug-likeness (QED) is 0.636. The Morgan fingerprint density at radius 3 is 2.68 bits per heavy atom. The topological polar surface area (TPSA) is 55.2 Å². The molecule has 4 nitrogen and oxygen atoms in total. The van der Waals surface area contributed by atoms with Crippen LogP contribution in [0.1, 0.15) is 23.4 Å². The molecule has 0 aliphatic heterocycles. The van der Waals surface area contributed by atoms with Gasteiger partial charge in [-0.25, -0.2) is 0 Å². The van der Waals surface area contributed by atoms with Crippen LogP contribution in [0.2, 0.25) is 0 Å². The zero-order valence-corrected chi connectivity index (χ0v) is 12.9. The molecular weight excluding hydrogens is 328 g/mol. The van der Waals surface area contributed by atoms with Gasteiger partial charge in [0.05, 0.1) is 15.4 Å². The van der Waals surface area contributed by atoms with Gasteiger partial charge in [-0.15, -0.1) is 11.3 Å². The Morgan fingerprint density at radius 2 is 2.16 bits per heavy atom. The van der Waals surface area contributed by atoms with E-state index in [2.05, 4.69) is 46.5 Å². The van der Waals surface area contributed by atoms with Crippen LogP contribution in [0.5, 0.6) is 0 Å². The molecule has 0 spiro atoms. The molecule has 1 aromatic heterocycles. The number of hydrogen-bond acceptors (Lipinski definition) is 4. The molecule has 0 aliphatic rings. The lowest BCUT2D eigenvalue weighted by Crippen LogP contribution is -2.06. The molecule has 0 radical (unpaired) electrons. The van der Waals surface area contributed by atoms with Gasteiger partial charge in [-0.3, -0.25) is 10.1 Å². The standard InChI is InChI=1S/C13H13BrN2O2S/c1-8-5-6-19-13(8)9(2)15-10-3-4-12(16(17)18)11(14)7-10/h3-7,9,15H,1-2H3. The minimum Gasteiger partial charge on any atom is -0.378 e. The largest absolute Gasteiger partial charge is 0.378 e. The number of anilines is 1. The smallest absolute Gasteiger partial charge is 0.283 e. The van der Waals surface area contributed by atoms with Crippen molar-refractivity contribution in [2.75, 3.05) is 5.32 Å². The van der Waals surface area contributed by atoms with Crippen molar-refractivity contribution in [2.24, 2.45) is 0 Å². The monoisotopic (exact) mass is 340 g/mol. The molecule has 6 heteroatoms. The van der Waals surface area contributed by atoms with Crippen LogP contribution in [0.25, 0.3) is 0 Å². The first kappa shape index (κ1) is 14.0. The average Bonchev–Trinajstić information content (AvgIpc) is 2.75. The van der Waals surface area contributed by atoms with Crippen LogP contribution in [0.4, 0.5) is 11.4 Å². The van der Waals surface area contributed by atoms with Crippen molar-refractivity contribution in [3.05, 3.63) is 54.7 Å². The lowest BCUT2D eigenvalue weighted by atomic mass is 10.2. The van der Waals surface area contributed by atoms with Crippen LogP contribution in [0, 0.1) is 17.0 Å². The number of benzene rings is 1. The van der Waals surface area contributed by atoms with Gasteiger partial charge in [-0.2, -0.15) is 0 Å². The highest BCUT2D eigenvalue weighted by Crippen LogP contribution is 2.31. The molecule has 2 aromatic rings. The highest BCUT2D eigenvalue weighted by molar-refractivity contribution is 9.10. The molecule has 0 aliphatic carbocycles. The van der Waals surface area contributed by atoms with Crippen molar-refractivity contribution < 1.29 is 4.92 Å². The first-order valence-corrected chi connectivity index (χ1v) is 7.40. The Bertz CT molecular complexity index is 612. The molecule has 100 valence electrons. The van der Waals surface area contributed by atoms with Gasteiger partial charge < -0.3 is 5.32 Å². The number of nitro groups is 1. The number of nitrogens with one attached hydrogen (secondary N) is 1. The van der Waals surface area contributed by atoms with Crippen molar-refractivity contribution >= 4 is 38.6 Å². The van der Waals surface area contributed by atoms with Crippen molar-refractivity contribution in [2.45, 2.75) is 19.9 Å². The van der Waals surface area contributed by atoms with Crippen molar-refractivity contribution in [3.8, 4) is 0 Å². The summed E-state index contributed by atoms with van der Waals surface area (Å²) in [4.78, 5) is 11.6. The summed E-state index contributed by atoms with van der Waals surface area (Å²) in [6.45, 7) is 4.16. The van der Waals surface area contributed by atoms with Crippen LogP contribution < -0.4 is 5.32 Å². The molecule has 0 amide bonds. The molecule has 1 aromatic carbocycles. The maximum absolute atomic E-state index is 10.7. The molecule has 0 saturated heterocycles. The molecule has 1 atom stereocenters. The van der Waals surface area contributed by atoms with E-state index >= 15 is 0 Å². The van der Waals surface area contributed by atoms with E-state index in [1.807, 2.05) is 0 Å². The number of nitro benzene ring substituents is 1. The summed E-state index contributed by atoms with van der Waals surface area (Å²) in [5, 5.41) is 16.2. The summed E-state index contributed by atoms with van der Waals surface area (Å²) in [6, 6.07) is 7.22. The Hall–Kier alpha value is -1.40. The van der Waals surface area contributed by atoms with E-state index in [1.165, 1.54) is 16.5 Å². The van der Waals surface area contributed by atoms with Gasteiger partial charge in [-0.05, 0) is 58.9 Å². The first-order chi connectivity index (χ1) is 8.99. The molecule has 1 heterocycles. The zero-order chi connectivity index (χ0) is 14.0. The lowest BCUT2D eigenvalue weighted by Gasteiger charge is -2.15. The number of thiophene rings is 1. The van der Waals surface area contributed by atoms with Crippen molar-refractivity contribution in [1.82, 2.24) is 0 Å². The highest BCUT2D eigenvalue weighted by Gasteiger charge is 2.14. The fraction of sp³-hybridized carbons (Fsp3) is 0.231. The van der Waals surface area contributed by atoms with Gasteiger partial charge in [-0.1, -0.05) is 0 Å². The predicted molar refractivity (Wildman–Crippen MR) is 81.9 cm³/mol. The second-order valence-electron chi connectivity index (χ2n) is 4.26. The number of rotatable bonds is 4. The van der Waals surface area contributed by atoms with E-state index in [-0.39, 0.29) is 11.7 Å². The summed E-state index contributed by atoms with van der Waals surface area (Å²) in [6.07, 6.45) is 0. The Kier molecular flexibility index (Phi) is 4.21. The van der Waals surface area contributed by atoms with E-state index in [9.17, 15) is 10.1 Å². The molecule has 0 saturated carbocycles. The fourth-order valence-corrected chi connectivity index (χ4v) is 3.35. The van der Waals surface area contributed by atoms with Gasteiger partial charge in [0.25, 0.3) is 5.69 Å². The molecule has 1 N–H and O–H groups in total. The van der Waals surface area contributed by atoms with Gasteiger partial charge in [0.15, 0.2) is 0 Å². The summed E-state index contributed by atoms with van der Waals surface area (Å²) < 4.78 is 0.484. The summed E-state index contributed by atoms with van der Waals surface area (Å²) in [5.74, 6) is 0. The second kappa shape index (κ2) is 5.71. The normalized spacial score (nSPS) is 12.2. The minimum atomic E-state index is -0.402. The average molecular weight is 341 g/mol. The van der Waals surface area contributed by atoms with Crippen molar-refractivity contribution in [1.29, 1.82) is 0 Å². The Balaban J connectivity index is 2.18. The van der Waals surface area contributed by atoms with Gasteiger partial charge in [0.2, 0.25) is 0 Å². The van der Waals surface area contributed by atoms with E-state index in [0.717, 1.165) is 5.69 Å².